The second-order valence-electron chi connectivity index (χ2n) is 3.80. The van der Waals surface area contributed by atoms with Gasteiger partial charge in [0, 0.05) is 5.75 Å². The standard InChI is InChI=1S/C12H14FNS/c1-9(2)7-15-8-11-5-3-4-10(6-14)12(11)13/h3-5,9H,7-8H2,1-2H3. The number of benzene rings is 1. The first kappa shape index (κ1) is 12.1. The van der Waals surface area contributed by atoms with Crippen molar-refractivity contribution in [1.82, 2.24) is 0 Å². The molecule has 0 heterocycles. The Balaban J connectivity index is 2.66. The van der Waals surface area contributed by atoms with Crippen LogP contribution in [0, 0.1) is 23.1 Å². The molecule has 0 aliphatic carbocycles. The topological polar surface area (TPSA) is 23.8 Å². The van der Waals surface area contributed by atoms with Crippen LogP contribution in [0.2, 0.25) is 0 Å². The van der Waals surface area contributed by atoms with Crippen LogP contribution in [0.4, 0.5) is 4.39 Å². The zero-order valence-electron chi connectivity index (χ0n) is 8.96. The average molecular weight is 223 g/mol. The van der Waals surface area contributed by atoms with Gasteiger partial charge in [0.25, 0.3) is 0 Å². The molecule has 0 aliphatic rings. The first-order valence-corrected chi connectivity index (χ1v) is 6.06. The molecule has 0 unspecified atom stereocenters. The van der Waals surface area contributed by atoms with Crippen molar-refractivity contribution in [2.24, 2.45) is 5.92 Å². The fourth-order valence-electron chi connectivity index (χ4n) is 1.18. The molecule has 0 spiro atoms. The predicted molar refractivity (Wildman–Crippen MR) is 62.1 cm³/mol. The Labute approximate surface area is 94.3 Å². The van der Waals surface area contributed by atoms with Crippen molar-refractivity contribution in [3.8, 4) is 6.07 Å². The van der Waals surface area contributed by atoms with E-state index in [2.05, 4.69) is 13.8 Å². The second kappa shape index (κ2) is 5.77. The van der Waals surface area contributed by atoms with Crippen molar-refractivity contribution in [3.05, 3.63) is 35.1 Å². The number of thioether (sulfide) groups is 1. The first-order chi connectivity index (χ1) is 7.15. The van der Waals surface area contributed by atoms with Crippen LogP contribution in [0.15, 0.2) is 18.2 Å². The van der Waals surface area contributed by atoms with Gasteiger partial charge in [0.2, 0.25) is 0 Å². The van der Waals surface area contributed by atoms with Crippen LogP contribution in [0.3, 0.4) is 0 Å². The summed E-state index contributed by atoms with van der Waals surface area (Å²) < 4.78 is 13.6. The van der Waals surface area contributed by atoms with Crippen molar-refractivity contribution in [2.45, 2.75) is 19.6 Å². The normalized spacial score (nSPS) is 10.3. The van der Waals surface area contributed by atoms with Crippen molar-refractivity contribution in [3.63, 3.8) is 0 Å². The van der Waals surface area contributed by atoms with Crippen LogP contribution in [0.1, 0.15) is 25.0 Å². The van der Waals surface area contributed by atoms with Crippen molar-refractivity contribution < 1.29 is 4.39 Å². The quantitative estimate of drug-likeness (QED) is 0.779. The molecule has 0 saturated carbocycles. The summed E-state index contributed by atoms with van der Waals surface area (Å²) in [5.41, 5.74) is 0.761. The van der Waals surface area contributed by atoms with Gasteiger partial charge in [-0.05, 0) is 23.3 Å². The molecule has 0 bridgehead atoms. The predicted octanol–water partition coefficient (Wildman–Crippen LogP) is 3.59. The highest BCUT2D eigenvalue weighted by atomic mass is 32.2. The molecule has 0 radical (unpaired) electrons. The summed E-state index contributed by atoms with van der Waals surface area (Å²) in [4.78, 5) is 0. The van der Waals surface area contributed by atoms with Gasteiger partial charge in [-0.1, -0.05) is 26.0 Å². The Hall–Kier alpha value is -1.01. The SMILES string of the molecule is CC(C)CSCc1cccc(C#N)c1F. The minimum atomic E-state index is -0.365. The van der Waals surface area contributed by atoms with Gasteiger partial charge in [-0.3, -0.25) is 0 Å². The fourth-order valence-corrected chi connectivity index (χ4v) is 2.21. The maximum absolute atomic E-state index is 13.6. The zero-order valence-corrected chi connectivity index (χ0v) is 9.77. The fraction of sp³-hybridized carbons (Fsp3) is 0.417. The third-order valence-corrected chi connectivity index (χ3v) is 3.33. The summed E-state index contributed by atoms with van der Waals surface area (Å²) in [5.74, 6) is 1.89. The van der Waals surface area contributed by atoms with E-state index in [4.69, 9.17) is 5.26 Å². The van der Waals surface area contributed by atoms with Crippen molar-refractivity contribution in [2.75, 3.05) is 5.75 Å². The summed E-state index contributed by atoms with van der Waals surface area (Å²) in [5, 5.41) is 8.66. The molecule has 0 N–H and O–H groups in total. The molecule has 0 aliphatic heterocycles. The molecular formula is C12H14FNS. The van der Waals surface area contributed by atoms with Gasteiger partial charge >= 0.3 is 0 Å². The molecule has 0 aromatic heterocycles. The highest BCUT2D eigenvalue weighted by Gasteiger charge is 2.07. The third kappa shape index (κ3) is 3.56. The summed E-state index contributed by atoms with van der Waals surface area (Å²) in [7, 11) is 0. The summed E-state index contributed by atoms with van der Waals surface area (Å²) in [6, 6.07) is 6.83. The second-order valence-corrected chi connectivity index (χ2v) is 4.83. The Morgan fingerprint density at radius 2 is 2.20 bits per heavy atom. The lowest BCUT2D eigenvalue weighted by Crippen LogP contribution is -1.95. The van der Waals surface area contributed by atoms with Crippen molar-refractivity contribution >= 4 is 11.8 Å². The zero-order chi connectivity index (χ0) is 11.3. The van der Waals surface area contributed by atoms with Gasteiger partial charge in [0.05, 0.1) is 5.56 Å². The number of hydrogen-bond acceptors (Lipinski definition) is 2. The maximum Gasteiger partial charge on any atom is 0.144 e. The summed E-state index contributed by atoms with van der Waals surface area (Å²) in [6.45, 7) is 4.27. The van der Waals surface area contributed by atoms with Gasteiger partial charge in [-0.15, -0.1) is 0 Å². The number of rotatable bonds is 4. The van der Waals surface area contributed by atoms with Crippen LogP contribution in [-0.2, 0) is 5.75 Å². The van der Waals surface area contributed by atoms with E-state index in [0.29, 0.717) is 17.2 Å². The largest absolute Gasteiger partial charge is 0.205 e. The molecule has 1 aromatic rings. The molecule has 80 valence electrons. The van der Waals surface area contributed by atoms with E-state index in [-0.39, 0.29) is 11.4 Å². The number of halogens is 1. The van der Waals surface area contributed by atoms with E-state index in [1.165, 1.54) is 6.07 Å². The molecular weight excluding hydrogens is 209 g/mol. The molecule has 1 rings (SSSR count). The Morgan fingerprint density at radius 3 is 2.80 bits per heavy atom. The highest BCUT2D eigenvalue weighted by Crippen LogP contribution is 2.19. The van der Waals surface area contributed by atoms with Crippen LogP contribution in [0.25, 0.3) is 0 Å². The number of nitriles is 1. The summed E-state index contributed by atoms with van der Waals surface area (Å²) >= 11 is 1.70. The molecule has 0 atom stereocenters. The maximum atomic E-state index is 13.6. The van der Waals surface area contributed by atoms with Crippen LogP contribution >= 0.6 is 11.8 Å². The van der Waals surface area contributed by atoms with E-state index >= 15 is 0 Å². The van der Waals surface area contributed by atoms with Crippen LogP contribution < -0.4 is 0 Å². The van der Waals surface area contributed by atoms with E-state index in [1.54, 1.807) is 23.9 Å². The van der Waals surface area contributed by atoms with Crippen LogP contribution in [0.5, 0.6) is 0 Å². The molecule has 3 heteroatoms. The van der Waals surface area contributed by atoms with Gasteiger partial charge in [-0.2, -0.15) is 17.0 Å². The molecule has 0 fully saturated rings. The first-order valence-electron chi connectivity index (χ1n) is 4.90. The highest BCUT2D eigenvalue weighted by molar-refractivity contribution is 7.98. The monoisotopic (exact) mass is 223 g/mol. The molecule has 15 heavy (non-hydrogen) atoms. The number of nitrogens with zero attached hydrogens (tertiary/aromatic N) is 1. The lowest BCUT2D eigenvalue weighted by molar-refractivity contribution is 0.613. The Bertz CT molecular complexity index is 368. The molecule has 0 amide bonds. The molecule has 0 saturated heterocycles. The van der Waals surface area contributed by atoms with E-state index in [1.807, 2.05) is 6.07 Å². The minimum absolute atomic E-state index is 0.137. The minimum Gasteiger partial charge on any atom is -0.205 e. The van der Waals surface area contributed by atoms with Gasteiger partial charge in [0.15, 0.2) is 0 Å². The van der Waals surface area contributed by atoms with Gasteiger partial charge < -0.3 is 0 Å². The van der Waals surface area contributed by atoms with E-state index in [0.717, 1.165) is 5.75 Å². The Morgan fingerprint density at radius 1 is 1.47 bits per heavy atom. The smallest absolute Gasteiger partial charge is 0.144 e. The Kier molecular flexibility index (Phi) is 4.64. The summed E-state index contributed by atoms with van der Waals surface area (Å²) in [6.07, 6.45) is 0. The lowest BCUT2D eigenvalue weighted by Gasteiger charge is -2.06. The lowest BCUT2D eigenvalue weighted by atomic mass is 10.1. The van der Waals surface area contributed by atoms with Gasteiger partial charge in [0.1, 0.15) is 11.9 Å². The molecule has 1 nitrogen and oxygen atoms in total. The van der Waals surface area contributed by atoms with Gasteiger partial charge in [-0.25, -0.2) is 4.39 Å². The van der Waals surface area contributed by atoms with Crippen LogP contribution in [-0.4, -0.2) is 5.75 Å². The van der Waals surface area contributed by atoms with E-state index < -0.39 is 0 Å². The van der Waals surface area contributed by atoms with Crippen molar-refractivity contribution in [1.29, 1.82) is 5.26 Å². The average Bonchev–Trinajstić information content (AvgIpc) is 2.20. The molecule has 1 aromatic carbocycles. The number of hydrogen-bond donors (Lipinski definition) is 0. The third-order valence-electron chi connectivity index (χ3n) is 1.91. The van der Waals surface area contributed by atoms with E-state index in [9.17, 15) is 4.39 Å².